The first-order valence-electron chi connectivity index (χ1n) is 6.84. The van der Waals surface area contributed by atoms with Crippen molar-refractivity contribution < 1.29 is 8.78 Å². The number of anilines is 1. The van der Waals surface area contributed by atoms with E-state index in [9.17, 15) is 8.78 Å². The lowest BCUT2D eigenvalue weighted by molar-refractivity contribution is 0.252. The van der Waals surface area contributed by atoms with Gasteiger partial charge in [0.2, 0.25) is 0 Å². The molecule has 0 aliphatic rings. The third-order valence-electron chi connectivity index (χ3n) is 3.35. The molecular weight excluding hydrogens is 288 g/mol. The van der Waals surface area contributed by atoms with E-state index < -0.39 is 5.76 Å². The lowest BCUT2D eigenvalue weighted by Gasteiger charge is -2.18. The van der Waals surface area contributed by atoms with Crippen LogP contribution in [0, 0.1) is 13.8 Å². The van der Waals surface area contributed by atoms with Gasteiger partial charge < -0.3 is 5.32 Å². The molecule has 0 radical (unpaired) electrons. The number of hydrogen-bond acceptors (Lipinski definition) is 2. The third-order valence-corrected chi connectivity index (χ3v) is 4.08. The fourth-order valence-electron chi connectivity index (χ4n) is 2.37. The van der Waals surface area contributed by atoms with Gasteiger partial charge in [0.1, 0.15) is 0 Å². The maximum Gasteiger partial charge on any atom is 0.288 e. The topological polar surface area (TPSA) is 12.0 Å². The molecule has 0 spiro atoms. The van der Waals surface area contributed by atoms with Crippen LogP contribution in [0.25, 0.3) is 0 Å². The maximum atomic E-state index is 12.3. The highest BCUT2D eigenvalue weighted by atomic mass is 32.2. The average molecular weight is 307 g/mol. The predicted octanol–water partition coefficient (Wildman–Crippen LogP) is 5.79. The highest BCUT2D eigenvalue weighted by Crippen LogP contribution is 2.28. The first kappa shape index (κ1) is 15.8. The van der Waals surface area contributed by atoms with Gasteiger partial charge in [0.15, 0.2) is 0 Å². The second kappa shape index (κ2) is 6.94. The van der Waals surface area contributed by atoms with Gasteiger partial charge in [0, 0.05) is 16.6 Å². The second-order valence-corrected chi connectivity index (χ2v) is 6.19. The highest BCUT2D eigenvalue weighted by molar-refractivity contribution is 7.99. The molecule has 0 heterocycles. The Kier molecular flexibility index (Phi) is 5.23. The Morgan fingerprint density at radius 3 is 2.24 bits per heavy atom. The minimum Gasteiger partial charge on any atom is -0.379 e. The van der Waals surface area contributed by atoms with Gasteiger partial charge in [-0.3, -0.25) is 0 Å². The Labute approximate surface area is 128 Å². The van der Waals surface area contributed by atoms with Gasteiger partial charge in [-0.1, -0.05) is 35.5 Å². The molecule has 0 fully saturated rings. The molecule has 1 nitrogen and oxygen atoms in total. The van der Waals surface area contributed by atoms with E-state index in [1.165, 1.54) is 16.7 Å². The number of alkyl halides is 2. The fraction of sp³-hybridized carbons (Fsp3) is 0.294. The molecule has 0 amide bonds. The van der Waals surface area contributed by atoms with E-state index in [4.69, 9.17) is 0 Å². The fourth-order valence-corrected chi connectivity index (χ4v) is 2.87. The van der Waals surface area contributed by atoms with E-state index in [0.29, 0.717) is 16.7 Å². The first-order valence-corrected chi connectivity index (χ1v) is 7.72. The van der Waals surface area contributed by atoms with Gasteiger partial charge in [-0.25, -0.2) is 0 Å². The van der Waals surface area contributed by atoms with Crippen LogP contribution in [0.5, 0.6) is 0 Å². The number of rotatable bonds is 5. The summed E-state index contributed by atoms with van der Waals surface area (Å²) in [7, 11) is 0. The molecule has 112 valence electrons. The number of benzene rings is 2. The number of halogens is 2. The standard InChI is InChI=1S/C17H19F2NS/c1-11-4-9-16(12(2)10-11)13(3)20-14-5-7-15(8-6-14)21-17(18)19/h4-10,13,17,20H,1-3H3. The van der Waals surface area contributed by atoms with Crippen molar-refractivity contribution in [3.8, 4) is 0 Å². The smallest absolute Gasteiger partial charge is 0.288 e. The SMILES string of the molecule is Cc1ccc(C(C)Nc2ccc(SC(F)F)cc2)c(C)c1. The minimum atomic E-state index is -2.38. The lowest BCUT2D eigenvalue weighted by atomic mass is 10.00. The van der Waals surface area contributed by atoms with Crippen LogP contribution in [-0.4, -0.2) is 5.76 Å². The van der Waals surface area contributed by atoms with Crippen LogP contribution in [0.4, 0.5) is 14.5 Å². The number of aryl methyl sites for hydroxylation is 2. The summed E-state index contributed by atoms with van der Waals surface area (Å²) in [5, 5.41) is 3.40. The molecular formula is C17H19F2NS. The van der Waals surface area contributed by atoms with Crippen LogP contribution in [0.2, 0.25) is 0 Å². The summed E-state index contributed by atoms with van der Waals surface area (Å²) in [5.74, 6) is -2.38. The second-order valence-electron chi connectivity index (χ2n) is 5.13. The summed E-state index contributed by atoms with van der Waals surface area (Å²) in [4.78, 5) is 0.578. The molecule has 2 aromatic rings. The van der Waals surface area contributed by atoms with Crippen molar-refractivity contribution in [2.75, 3.05) is 5.32 Å². The zero-order chi connectivity index (χ0) is 15.4. The maximum absolute atomic E-state index is 12.3. The average Bonchev–Trinajstić information content (AvgIpc) is 2.40. The summed E-state index contributed by atoms with van der Waals surface area (Å²) in [5.41, 5.74) is 4.67. The van der Waals surface area contributed by atoms with Crippen molar-refractivity contribution in [1.29, 1.82) is 0 Å². The molecule has 4 heteroatoms. The van der Waals surface area contributed by atoms with E-state index in [2.05, 4.69) is 44.3 Å². The van der Waals surface area contributed by atoms with Gasteiger partial charge >= 0.3 is 0 Å². The van der Waals surface area contributed by atoms with Gasteiger partial charge in [0.25, 0.3) is 5.76 Å². The van der Waals surface area contributed by atoms with Crippen LogP contribution in [-0.2, 0) is 0 Å². The molecule has 2 aromatic carbocycles. The van der Waals surface area contributed by atoms with E-state index in [1.807, 2.05) is 12.1 Å². The lowest BCUT2D eigenvalue weighted by Crippen LogP contribution is -2.08. The molecule has 1 atom stereocenters. The summed E-state index contributed by atoms with van der Waals surface area (Å²) in [6.45, 7) is 6.27. The Bertz CT molecular complexity index is 596. The van der Waals surface area contributed by atoms with Gasteiger partial charge in [0.05, 0.1) is 0 Å². The van der Waals surface area contributed by atoms with E-state index in [0.717, 1.165) is 5.69 Å². The van der Waals surface area contributed by atoms with Gasteiger partial charge in [-0.2, -0.15) is 8.78 Å². The Balaban J connectivity index is 2.06. The minimum absolute atomic E-state index is 0.166. The van der Waals surface area contributed by atoms with Crippen molar-refractivity contribution in [3.63, 3.8) is 0 Å². The molecule has 0 saturated heterocycles. The van der Waals surface area contributed by atoms with Crippen molar-refractivity contribution in [3.05, 3.63) is 59.2 Å². The molecule has 0 saturated carbocycles. The molecule has 2 rings (SSSR count). The number of nitrogens with one attached hydrogen (secondary N) is 1. The normalized spacial score (nSPS) is 12.5. The quantitative estimate of drug-likeness (QED) is 0.701. The largest absolute Gasteiger partial charge is 0.379 e. The van der Waals surface area contributed by atoms with Gasteiger partial charge in [-0.15, -0.1) is 0 Å². The van der Waals surface area contributed by atoms with Crippen LogP contribution in [0.1, 0.15) is 29.7 Å². The van der Waals surface area contributed by atoms with Crippen LogP contribution in [0.3, 0.4) is 0 Å². The van der Waals surface area contributed by atoms with Crippen molar-refractivity contribution in [2.24, 2.45) is 0 Å². The first-order chi connectivity index (χ1) is 9.95. The predicted molar refractivity (Wildman–Crippen MR) is 86.3 cm³/mol. The summed E-state index contributed by atoms with van der Waals surface area (Å²) in [6, 6.07) is 13.7. The molecule has 21 heavy (non-hydrogen) atoms. The number of hydrogen-bond donors (Lipinski definition) is 1. The zero-order valence-electron chi connectivity index (χ0n) is 12.4. The van der Waals surface area contributed by atoms with Crippen LogP contribution < -0.4 is 5.32 Å². The van der Waals surface area contributed by atoms with E-state index >= 15 is 0 Å². The highest BCUT2D eigenvalue weighted by Gasteiger charge is 2.09. The van der Waals surface area contributed by atoms with Gasteiger partial charge in [-0.05, 0) is 56.2 Å². The van der Waals surface area contributed by atoms with E-state index in [1.54, 1.807) is 12.1 Å². The van der Waals surface area contributed by atoms with Crippen LogP contribution >= 0.6 is 11.8 Å². The molecule has 1 N–H and O–H groups in total. The Morgan fingerprint density at radius 2 is 1.67 bits per heavy atom. The molecule has 0 bridgehead atoms. The van der Waals surface area contributed by atoms with E-state index in [-0.39, 0.29) is 6.04 Å². The van der Waals surface area contributed by atoms with Crippen LogP contribution in [0.15, 0.2) is 47.4 Å². The monoisotopic (exact) mass is 307 g/mol. The summed E-state index contributed by atoms with van der Waals surface area (Å²) >= 11 is 0.565. The third kappa shape index (κ3) is 4.46. The van der Waals surface area contributed by atoms with Crippen molar-refractivity contribution >= 4 is 17.4 Å². The zero-order valence-corrected chi connectivity index (χ0v) is 13.2. The number of thioether (sulfide) groups is 1. The van der Waals surface area contributed by atoms with Crippen molar-refractivity contribution in [2.45, 2.75) is 37.5 Å². The molecule has 0 aromatic heterocycles. The Hall–Kier alpha value is -1.55. The summed E-state index contributed by atoms with van der Waals surface area (Å²) < 4.78 is 24.6. The van der Waals surface area contributed by atoms with Crippen molar-refractivity contribution in [1.82, 2.24) is 0 Å². The summed E-state index contributed by atoms with van der Waals surface area (Å²) in [6.07, 6.45) is 0. The molecule has 0 aliphatic carbocycles. The Morgan fingerprint density at radius 1 is 1.00 bits per heavy atom. The molecule has 0 aliphatic heterocycles. The molecule has 1 unspecified atom stereocenters.